The highest BCUT2D eigenvalue weighted by Gasteiger charge is 2.10. The van der Waals surface area contributed by atoms with Crippen LogP contribution >= 0.6 is 11.6 Å². The fraction of sp³-hybridized carbons (Fsp3) is 0.160. The molecule has 0 aliphatic heterocycles. The number of rotatable bonds is 5. The van der Waals surface area contributed by atoms with Crippen LogP contribution in [0.2, 0.25) is 5.02 Å². The van der Waals surface area contributed by atoms with Crippen LogP contribution in [0.15, 0.2) is 65.6 Å². The van der Waals surface area contributed by atoms with Crippen molar-refractivity contribution < 1.29 is 9.53 Å². The van der Waals surface area contributed by atoms with Crippen LogP contribution < -0.4 is 20.9 Å². The summed E-state index contributed by atoms with van der Waals surface area (Å²) in [6, 6.07) is 15.5. The Kier molecular flexibility index (Phi) is 6.33. The number of nitrogens with one attached hydrogen (secondary N) is 2. The molecule has 0 saturated heterocycles. The molecular formula is C25H23ClN4O3. The zero-order valence-electron chi connectivity index (χ0n) is 18.5. The lowest BCUT2D eigenvalue weighted by molar-refractivity contribution is 0.262. The quantitative estimate of drug-likeness (QED) is 0.410. The van der Waals surface area contributed by atoms with Crippen LogP contribution in [-0.4, -0.2) is 15.4 Å². The van der Waals surface area contributed by atoms with Gasteiger partial charge >= 0.3 is 6.03 Å². The van der Waals surface area contributed by atoms with Crippen molar-refractivity contribution in [1.29, 1.82) is 0 Å². The van der Waals surface area contributed by atoms with Gasteiger partial charge in [0, 0.05) is 34.7 Å². The Labute approximate surface area is 196 Å². The number of anilines is 2. The summed E-state index contributed by atoms with van der Waals surface area (Å²) in [5.41, 5.74) is 4.85. The SMILES string of the molecule is Cc1ccc(Cl)cc1NC(=O)Nc1ccc(C)c(OCc2cc(=O)n3cccc(C)c3n2)c1. The van der Waals surface area contributed by atoms with Crippen molar-refractivity contribution in [3.63, 3.8) is 0 Å². The van der Waals surface area contributed by atoms with Crippen LogP contribution in [0, 0.1) is 20.8 Å². The largest absolute Gasteiger partial charge is 0.487 e. The first-order valence-corrected chi connectivity index (χ1v) is 10.7. The second kappa shape index (κ2) is 9.34. The fourth-order valence-corrected chi connectivity index (χ4v) is 3.55. The third kappa shape index (κ3) is 5.15. The van der Waals surface area contributed by atoms with Crippen LogP contribution in [0.1, 0.15) is 22.4 Å². The number of ether oxygens (including phenoxy) is 1. The Hall–Kier alpha value is -3.84. The number of hydrogen-bond donors (Lipinski definition) is 2. The molecule has 33 heavy (non-hydrogen) atoms. The van der Waals surface area contributed by atoms with Crippen molar-refractivity contribution in [1.82, 2.24) is 9.38 Å². The summed E-state index contributed by atoms with van der Waals surface area (Å²) < 4.78 is 7.45. The second-order valence-corrected chi connectivity index (χ2v) is 8.21. The van der Waals surface area contributed by atoms with Gasteiger partial charge in [-0.1, -0.05) is 29.8 Å². The van der Waals surface area contributed by atoms with Crippen LogP contribution in [0.25, 0.3) is 5.65 Å². The molecule has 0 radical (unpaired) electrons. The van der Waals surface area contributed by atoms with Gasteiger partial charge in [0.1, 0.15) is 18.0 Å². The maximum absolute atomic E-state index is 12.5. The molecule has 0 atom stereocenters. The number of halogens is 1. The fourth-order valence-electron chi connectivity index (χ4n) is 3.38. The highest BCUT2D eigenvalue weighted by Crippen LogP contribution is 2.25. The number of urea groups is 1. The van der Waals surface area contributed by atoms with Crippen molar-refractivity contribution in [3.05, 3.63) is 98.6 Å². The number of benzene rings is 2. The van der Waals surface area contributed by atoms with Gasteiger partial charge in [-0.2, -0.15) is 0 Å². The third-order valence-corrected chi connectivity index (χ3v) is 5.44. The lowest BCUT2D eigenvalue weighted by Gasteiger charge is -2.13. The van der Waals surface area contributed by atoms with E-state index in [0.717, 1.165) is 16.7 Å². The smallest absolute Gasteiger partial charge is 0.323 e. The zero-order valence-corrected chi connectivity index (χ0v) is 19.2. The molecule has 168 valence electrons. The number of pyridine rings is 1. The molecule has 0 bridgehead atoms. The lowest BCUT2D eigenvalue weighted by Crippen LogP contribution is -2.20. The van der Waals surface area contributed by atoms with E-state index in [1.54, 1.807) is 30.5 Å². The molecule has 4 aromatic rings. The van der Waals surface area contributed by atoms with Gasteiger partial charge in [-0.25, -0.2) is 9.78 Å². The normalized spacial score (nSPS) is 10.8. The van der Waals surface area contributed by atoms with E-state index < -0.39 is 6.03 Å². The number of nitrogens with zero attached hydrogens (tertiary/aromatic N) is 2. The molecule has 2 aromatic carbocycles. The van der Waals surface area contributed by atoms with Crippen molar-refractivity contribution >= 4 is 34.7 Å². The maximum atomic E-state index is 12.5. The summed E-state index contributed by atoms with van der Waals surface area (Å²) in [7, 11) is 0. The minimum Gasteiger partial charge on any atom is -0.487 e. The Bertz CT molecular complexity index is 1410. The van der Waals surface area contributed by atoms with Gasteiger partial charge in [0.05, 0.1) is 5.69 Å². The molecule has 0 saturated carbocycles. The third-order valence-electron chi connectivity index (χ3n) is 5.21. The van der Waals surface area contributed by atoms with E-state index in [-0.39, 0.29) is 12.2 Å². The predicted octanol–water partition coefficient (Wildman–Crippen LogP) is 5.50. The van der Waals surface area contributed by atoms with Crippen molar-refractivity contribution in [3.8, 4) is 5.75 Å². The van der Waals surface area contributed by atoms with E-state index >= 15 is 0 Å². The number of hydrogen-bond acceptors (Lipinski definition) is 4. The number of aromatic nitrogens is 2. The van der Waals surface area contributed by atoms with E-state index in [2.05, 4.69) is 15.6 Å². The van der Waals surface area contributed by atoms with E-state index in [1.807, 2.05) is 45.0 Å². The lowest BCUT2D eigenvalue weighted by atomic mass is 10.2. The number of amides is 2. The Morgan fingerprint density at radius 1 is 1.00 bits per heavy atom. The van der Waals surface area contributed by atoms with E-state index in [1.165, 1.54) is 10.5 Å². The molecule has 2 N–H and O–H groups in total. The van der Waals surface area contributed by atoms with Gasteiger partial charge in [-0.3, -0.25) is 9.20 Å². The molecule has 8 heteroatoms. The van der Waals surface area contributed by atoms with Gasteiger partial charge in [0.15, 0.2) is 0 Å². The number of carbonyl (C=O) groups excluding carboxylic acids is 1. The number of aryl methyl sites for hydroxylation is 3. The summed E-state index contributed by atoms with van der Waals surface area (Å²) >= 11 is 6.02. The minimum atomic E-state index is -0.394. The maximum Gasteiger partial charge on any atom is 0.323 e. The Morgan fingerprint density at radius 3 is 2.61 bits per heavy atom. The monoisotopic (exact) mass is 462 g/mol. The topological polar surface area (TPSA) is 84.7 Å². The summed E-state index contributed by atoms with van der Waals surface area (Å²) in [6.45, 7) is 5.82. The zero-order chi connectivity index (χ0) is 23.5. The molecule has 0 aliphatic carbocycles. The molecule has 2 amide bonds. The molecule has 0 aliphatic rings. The van der Waals surface area contributed by atoms with Crippen LogP contribution in [0.3, 0.4) is 0 Å². The number of carbonyl (C=O) groups is 1. The van der Waals surface area contributed by atoms with Gasteiger partial charge in [-0.05, 0) is 61.7 Å². The first-order chi connectivity index (χ1) is 15.8. The average Bonchev–Trinajstić information content (AvgIpc) is 2.77. The molecule has 7 nitrogen and oxygen atoms in total. The molecule has 2 aromatic heterocycles. The van der Waals surface area contributed by atoms with Crippen molar-refractivity contribution in [2.75, 3.05) is 10.6 Å². The van der Waals surface area contributed by atoms with Crippen molar-refractivity contribution in [2.24, 2.45) is 0 Å². The Morgan fingerprint density at radius 2 is 1.79 bits per heavy atom. The average molecular weight is 463 g/mol. The standard InChI is InChI=1S/C25H23ClN4O3/c1-15-6-8-18(26)11-21(15)29-25(32)28-19-9-7-16(2)22(12-19)33-14-20-13-23(31)30-10-4-5-17(3)24(30)27-20/h4-13H,14H2,1-3H3,(H2,28,29,32). The Balaban J connectivity index is 1.48. The highest BCUT2D eigenvalue weighted by molar-refractivity contribution is 6.31. The molecular weight excluding hydrogens is 440 g/mol. The first-order valence-electron chi connectivity index (χ1n) is 10.4. The van der Waals surface area contributed by atoms with Crippen LogP contribution in [-0.2, 0) is 6.61 Å². The highest BCUT2D eigenvalue weighted by atomic mass is 35.5. The van der Waals surface area contributed by atoms with Gasteiger partial charge < -0.3 is 15.4 Å². The summed E-state index contributed by atoms with van der Waals surface area (Å²) in [5, 5.41) is 6.14. The predicted molar refractivity (Wildman–Crippen MR) is 131 cm³/mol. The van der Waals surface area contributed by atoms with E-state index in [4.69, 9.17) is 16.3 Å². The molecule has 0 spiro atoms. The minimum absolute atomic E-state index is 0.123. The van der Waals surface area contributed by atoms with Gasteiger partial charge in [-0.15, -0.1) is 0 Å². The van der Waals surface area contributed by atoms with Gasteiger partial charge in [0.2, 0.25) is 0 Å². The molecule has 0 fully saturated rings. The second-order valence-electron chi connectivity index (χ2n) is 7.78. The van der Waals surface area contributed by atoms with E-state index in [9.17, 15) is 9.59 Å². The number of fused-ring (bicyclic) bond motifs is 1. The van der Waals surface area contributed by atoms with Crippen molar-refractivity contribution in [2.45, 2.75) is 27.4 Å². The molecule has 0 unspecified atom stereocenters. The molecule has 4 rings (SSSR count). The summed E-state index contributed by atoms with van der Waals surface area (Å²) in [4.78, 5) is 29.4. The first kappa shape index (κ1) is 22.4. The molecule has 2 heterocycles. The van der Waals surface area contributed by atoms with E-state index in [0.29, 0.717) is 33.5 Å². The van der Waals surface area contributed by atoms with Crippen LogP contribution in [0.4, 0.5) is 16.2 Å². The summed E-state index contributed by atoms with van der Waals surface area (Å²) in [6.07, 6.45) is 1.69. The summed E-state index contributed by atoms with van der Waals surface area (Å²) in [5.74, 6) is 0.582. The van der Waals surface area contributed by atoms with Gasteiger partial charge in [0.25, 0.3) is 5.56 Å². The van der Waals surface area contributed by atoms with Crippen LogP contribution in [0.5, 0.6) is 5.75 Å².